The Kier molecular flexibility index (Phi) is 7.65. The van der Waals surface area contributed by atoms with Crippen LogP contribution in [-0.2, 0) is 0 Å². The van der Waals surface area contributed by atoms with Gasteiger partial charge < -0.3 is 10.7 Å². The van der Waals surface area contributed by atoms with E-state index in [4.69, 9.17) is 20.4 Å². The molecular weight excluding hydrogens is 550 g/mol. The molecule has 7 rings (SSSR count). The number of allylic oxidation sites excluding steroid dienone is 1. The van der Waals surface area contributed by atoms with E-state index < -0.39 is 0 Å². The third kappa shape index (κ3) is 5.71. The number of hydrogen-bond donors (Lipinski definition) is 2. The Morgan fingerprint density at radius 2 is 1.07 bits per heavy atom. The number of hydrogen-bond acceptors (Lipinski definition) is 5. The molecule has 1 aliphatic rings. The van der Waals surface area contributed by atoms with Gasteiger partial charge in [-0.25, -0.2) is 15.0 Å². The highest BCUT2D eigenvalue weighted by molar-refractivity contribution is 6.30. The molecule has 5 heteroatoms. The van der Waals surface area contributed by atoms with Gasteiger partial charge in [-0.15, -0.1) is 0 Å². The Morgan fingerprint density at radius 3 is 1.60 bits per heavy atom. The van der Waals surface area contributed by atoms with Crippen molar-refractivity contribution in [2.24, 2.45) is 0 Å². The minimum absolute atomic E-state index is 0.562. The molecule has 216 valence electrons. The Hall–Kier alpha value is -5.94. The van der Waals surface area contributed by atoms with Crippen LogP contribution in [0.15, 0.2) is 140 Å². The van der Waals surface area contributed by atoms with Crippen molar-refractivity contribution >= 4 is 28.8 Å². The first-order chi connectivity index (χ1) is 22.2. The number of rotatable bonds is 7. The number of benzene rings is 5. The van der Waals surface area contributed by atoms with Gasteiger partial charge in [-0.1, -0.05) is 140 Å². The molecule has 45 heavy (non-hydrogen) atoms. The van der Waals surface area contributed by atoms with Crippen molar-refractivity contribution in [3.05, 3.63) is 162 Å². The Balaban J connectivity index is 1.46. The first-order valence-corrected chi connectivity index (χ1v) is 15.1. The van der Waals surface area contributed by atoms with E-state index in [2.05, 4.69) is 53.9 Å². The summed E-state index contributed by atoms with van der Waals surface area (Å²) in [5.41, 5.74) is 10.2. The van der Waals surface area contributed by atoms with Crippen molar-refractivity contribution in [2.45, 2.75) is 13.3 Å². The highest BCUT2D eigenvalue weighted by atomic mass is 15.0. The molecule has 5 aromatic carbocycles. The molecule has 0 aliphatic carbocycles. The van der Waals surface area contributed by atoms with Crippen LogP contribution in [0.4, 0.5) is 0 Å². The highest BCUT2D eigenvalue weighted by Gasteiger charge is 2.24. The lowest BCUT2D eigenvalue weighted by molar-refractivity contribution is 1.07. The molecule has 0 amide bonds. The molecule has 0 spiro atoms. The fourth-order valence-corrected chi connectivity index (χ4v) is 5.59. The van der Waals surface area contributed by atoms with Gasteiger partial charge in [0.15, 0.2) is 17.5 Å². The third-order valence-electron chi connectivity index (χ3n) is 7.89. The fourth-order valence-electron chi connectivity index (χ4n) is 5.59. The van der Waals surface area contributed by atoms with Gasteiger partial charge in [0.05, 0.1) is 5.70 Å². The van der Waals surface area contributed by atoms with Gasteiger partial charge in [0, 0.05) is 39.2 Å². The molecule has 0 radical (unpaired) electrons. The van der Waals surface area contributed by atoms with Crippen molar-refractivity contribution in [2.75, 3.05) is 0 Å². The summed E-state index contributed by atoms with van der Waals surface area (Å²) < 4.78 is 0. The smallest absolute Gasteiger partial charge is 0.164 e. The van der Waals surface area contributed by atoms with Crippen LogP contribution in [0.1, 0.15) is 35.6 Å². The summed E-state index contributed by atoms with van der Waals surface area (Å²) in [5, 5.41) is 12.8. The van der Waals surface area contributed by atoms with Crippen molar-refractivity contribution in [3.8, 4) is 34.2 Å². The van der Waals surface area contributed by atoms with E-state index in [0.717, 1.165) is 55.9 Å². The average molecular weight is 582 g/mol. The number of aromatic nitrogens is 3. The molecule has 0 fully saturated rings. The Labute approximate surface area is 263 Å². The topological polar surface area (TPSA) is 74.6 Å². The predicted octanol–water partition coefficient (Wildman–Crippen LogP) is 9.27. The zero-order valence-corrected chi connectivity index (χ0v) is 24.9. The van der Waals surface area contributed by atoms with E-state index in [9.17, 15) is 0 Å². The summed E-state index contributed by atoms with van der Waals surface area (Å²) in [6, 6.07) is 46.9. The summed E-state index contributed by atoms with van der Waals surface area (Å²) in [7, 11) is 0. The fraction of sp³-hybridized carbons (Fsp3) is 0.0500. The molecule has 1 aliphatic heterocycles. The van der Waals surface area contributed by atoms with Crippen LogP contribution in [0.3, 0.4) is 0 Å². The van der Waals surface area contributed by atoms with E-state index in [1.165, 1.54) is 0 Å². The van der Waals surface area contributed by atoms with Gasteiger partial charge in [-0.05, 0) is 35.3 Å². The van der Waals surface area contributed by atoms with Crippen LogP contribution in [0.2, 0.25) is 0 Å². The quantitative estimate of drug-likeness (QED) is 0.184. The zero-order chi connectivity index (χ0) is 30.6. The standard InChI is InChI=1S/C40H31N5/c1-2-34(41)36(28-17-9-4-10-18-28)37-33-25-32(24-23-31(33)26-35(42-37)27-15-7-3-8-16-27)40-44-38(29-19-11-5-12-20-29)43-39(45-40)30-21-13-6-14-22-30/h3-26,41-42H,2H2,1H3/b37-36-,41-34?. The Bertz CT molecular complexity index is 1990. The van der Waals surface area contributed by atoms with Crippen LogP contribution < -0.4 is 5.32 Å². The predicted molar refractivity (Wildman–Crippen MR) is 185 cm³/mol. The summed E-state index contributed by atoms with van der Waals surface area (Å²) in [4.78, 5) is 14.8. The lowest BCUT2D eigenvalue weighted by atomic mass is 9.88. The summed E-state index contributed by atoms with van der Waals surface area (Å²) in [6.07, 6.45) is 2.78. The normalized spacial score (nSPS) is 13.3. The summed E-state index contributed by atoms with van der Waals surface area (Å²) in [5.74, 6) is 1.83. The van der Waals surface area contributed by atoms with Crippen LogP contribution >= 0.6 is 0 Å². The second-order valence-electron chi connectivity index (χ2n) is 10.8. The third-order valence-corrected chi connectivity index (χ3v) is 7.89. The maximum Gasteiger partial charge on any atom is 0.164 e. The van der Waals surface area contributed by atoms with E-state index in [1.54, 1.807) is 0 Å². The van der Waals surface area contributed by atoms with Gasteiger partial charge in [0.25, 0.3) is 0 Å². The zero-order valence-electron chi connectivity index (χ0n) is 24.9. The molecular formula is C40H31N5. The summed E-state index contributed by atoms with van der Waals surface area (Å²) in [6.45, 7) is 2.03. The molecule has 0 unspecified atom stereocenters. The van der Waals surface area contributed by atoms with Crippen LogP contribution in [0.5, 0.6) is 0 Å². The first kappa shape index (κ1) is 27.9. The first-order valence-electron chi connectivity index (χ1n) is 15.1. The van der Waals surface area contributed by atoms with E-state index in [-0.39, 0.29) is 0 Å². The number of nitrogens with one attached hydrogen (secondary N) is 2. The number of nitrogens with zero attached hydrogens (tertiary/aromatic N) is 3. The SMILES string of the molecule is CCC(=N)/C(=C1\NC(c2ccccc2)=Cc2ccc(-c3nc(-c4ccccc4)nc(-c4ccccc4)n3)cc21)c1ccccc1. The molecule has 6 aromatic rings. The molecule has 5 nitrogen and oxygen atoms in total. The average Bonchev–Trinajstić information content (AvgIpc) is 3.12. The van der Waals surface area contributed by atoms with Crippen LogP contribution in [-0.4, -0.2) is 20.7 Å². The molecule has 0 saturated carbocycles. The largest absolute Gasteiger partial charge is 0.354 e. The van der Waals surface area contributed by atoms with E-state index in [1.807, 2.05) is 104 Å². The minimum atomic E-state index is 0.562. The van der Waals surface area contributed by atoms with Crippen molar-refractivity contribution in [3.63, 3.8) is 0 Å². The second kappa shape index (κ2) is 12.3. The molecule has 2 N–H and O–H groups in total. The lowest BCUT2D eigenvalue weighted by Crippen LogP contribution is -2.20. The summed E-state index contributed by atoms with van der Waals surface area (Å²) >= 11 is 0. The molecule has 1 aromatic heterocycles. The second-order valence-corrected chi connectivity index (χ2v) is 10.8. The molecule has 0 saturated heterocycles. The van der Waals surface area contributed by atoms with E-state index in [0.29, 0.717) is 29.6 Å². The minimum Gasteiger partial charge on any atom is -0.354 e. The van der Waals surface area contributed by atoms with Gasteiger partial charge in [-0.3, -0.25) is 0 Å². The van der Waals surface area contributed by atoms with Crippen molar-refractivity contribution in [1.82, 2.24) is 20.3 Å². The molecule has 2 heterocycles. The number of fused-ring (bicyclic) bond motifs is 1. The van der Waals surface area contributed by atoms with Gasteiger partial charge in [0.2, 0.25) is 0 Å². The van der Waals surface area contributed by atoms with E-state index >= 15 is 0 Å². The van der Waals surface area contributed by atoms with Crippen LogP contribution in [0.25, 0.3) is 57.2 Å². The monoisotopic (exact) mass is 581 g/mol. The van der Waals surface area contributed by atoms with Gasteiger partial charge in [-0.2, -0.15) is 0 Å². The van der Waals surface area contributed by atoms with Crippen LogP contribution in [0, 0.1) is 5.41 Å². The maximum absolute atomic E-state index is 9.09. The maximum atomic E-state index is 9.09. The lowest BCUT2D eigenvalue weighted by Gasteiger charge is -2.26. The molecule has 0 bridgehead atoms. The van der Waals surface area contributed by atoms with Gasteiger partial charge in [0.1, 0.15) is 0 Å². The van der Waals surface area contributed by atoms with Gasteiger partial charge >= 0.3 is 0 Å². The Morgan fingerprint density at radius 1 is 0.578 bits per heavy atom. The molecule has 0 atom stereocenters. The van der Waals surface area contributed by atoms with Crippen molar-refractivity contribution in [1.29, 1.82) is 5.41 Å². The van der Waals surface area contributed by atoms with Crippen molar-refractivity contribution < 1.29 is 0 Å². The highest BCUT2D eigenvalue weighted by Crippen LogP contribution is 2.37.